The van der Waals surface area contributed by atoms with Gasteiger partial charge in [0.05, 0.1) is 11.4 Å². The van der Waals surface area contributed by atoms with Gasteiger partial charge in [-0.2, -0.15) is 0 Å². The molecule has 0 saturated carbocycles. The summed E-state index contributed by atoms with van der Waals surface area (Å²) in [5.74, 6) is -0.0824. The van der Waals surface area contributed by atoms with Crippen molar-refractivity contribution in [2.24, 2.45) is 4.99 Å². The smallest absolute Gasteiger partial charge is 0.275 e. The summed E-state index contributed by atoms with van der Waals surface area (Å²) in [6, 6.07) is 23.9. The molecule has 4 rings (SSSR count). The van der Waals surface area contributed by atoms with E-state index >= 15 is 0 Å². The van der Waals surface area contributed by atoms with E-state index in [9.17, 15) is 4.79 Å². The molecule has 0 aliphatic carbocycles. The number of carbonyl (C=O) groups excluding carboxylic acids is 1. The van der Waals surface area contributed by atoms with Crippen LogP contribution in [-0.4, -0.2) is 11.6 Å². The molecular formula is C25H26N2O. The van der Waals surface area contributed by atoms with Crippen LogP contribution in [0.15, 0.2) is 77.8 Å². The van der Waals surface area contributed by atoms with Gasteiger partial charge in [0.2, 0.25) is 0 Å². The fourth-order valence-corrected chi connectivity index (χ4v) is 3.31. The highest BCUT2D eigenvalue weighted by Gasteiger charge is 2.34. The summed E-state index contributed by atoms with van der Waals surface area (Å²) in [6.07, 6.45) is 0.932. The second-order valence-electron chi connectivity index (χ2n) is 6.48. The van der Waals surface area contributed by atoms with Crippen LogP contribution < -0.4 is 4.90 Å². The predicted octanol–water partition coefficient (Wildman–Crippen LogP) is 6.38. The molecule has 0 spiro atoms. The first-order valence-electron chi connectivity index (χ1n) is 9.85. The molecule has 0 atom stereocenters. The first kappa shape index (κ1) is 19.6. The second kappa shape index (κ2) is 8.66. The van der Waals surface area contributed by atoms with Crippen molar-refractivity contribution in [2.75, 3.05) is 4.90 Å². The molecule has 1 aliphatic heterocycles. The lowest BCUT2D eigenvalue weighted by molar-refractivity contribution is -0.111. The summed E-state index contributed by atoms with van der Waals surface area (Å²) < 4.78 is 0. The SMILES string of the molecule is CC.CCc1cccc(N2C(=O)C(=Nc3cccc(C)c3)c3ccccc32)c1. The van der Waals surface area contributed by atoms with Gasteiger partial charge in [0.25, 0.3) is 5.91 Å². The summed E-state index contributed by atoms with van der Waals surface area (Å²) in [5, 5.41) is 0. The number of rotatable bonds is 3. The number of aliphatic imine (C=N–C) groups is 1. The van der Waals surface area contributed by atoms with E-state index in [1.54, 1.807) is 4.90 Å². The molecule has 3 nitrogen and oxygen atoms in total. The van der Waals surface area contributed by atoms with Crippen molar-refractivity contribution in [1.82, 2.24) is 0 Å². The van der Waals surface area contributed by atoms with Gasteiger partial charge in [-0.05, 0) is 54.8 Å². The van der Waals surface area contributed by atoms with Gasteiger partial charge in [0.1, 0.15) is 5.71 Å². The minimum Gasteiger partial charge on any atom is -0.275 e. The van der Waals surface area contributed by atoms with Gasteiger partial charge in [-0.1, -0.05) is 63.2 Å². The van der Waals surface area contributed by atoms with E-state index in [-0.39, 0.29) is 5.91 Å². The normalized spacial score (nSPS) is 13.9. The van der Waals surface area contributed by atoms with Crippen molar-refractivity contribution in [1.29, 1.82) is 0 Å². The van der Waals surface area contributed by atoms with Crippen LogP contribution in [0.4, 0.5) is 17.1 Å². The number of hydrogen-bond donors (Lipinski definition) is 0. The van der Waals surface area contributed by atoms with Gasteiger partial charge in [-0.25, -0.2) is 4.99 Å². The minimum absolute atomic E-state index is 0.0824. The lowest BCUT2D eigenvalue weighted by atomic mass is 10.1. The molecule has 1 amide bonds. The molecule has 0 fully saturated rings. The zero-order valence-electron chi connectivity index (χ0n) is 16.9. The Morgan fingerprint density at radius 2 is 1.64 bits per heavy atom. The quantitative estimate of drug-likeness (QED) is 0.526. The van der Waals surface area contributed by atoms with Crippen molar-refractivity contribution >= 4 is 28.7 Å². The second-order valence-corrected chi connectivity index (χ2v) is 6.48. The van der Waals surface area contributed by atoms with Crippen LogP contribution in [0.3, 0.4) is 0 Å². The minimum atomic E-state index is -0.0824. The number of fused-ring (bicyclic) bond motifs is 1. The molecule has 1 heterocycles. The molecule has 3 aromatic carbocycles. The molecule has 0 aromatic heterocycles. The summed E-state index contributed by atoms with van der Waals surface area (Å²) in [6.45, 7) is 8.14. The molecular weight excluding hydrogens is 344 g/mol. The van der Waals surface area contributed by atoms with E-state index in [2.05, 4.69) is 24.0 Å². The Balaban J connectivity index is 0.00000109. The predicted molar refractivity (Wildman–Crippen MR) is 118 cm³/mol. The maximum atomic E-state index is 13.2. The van der Waals surface area contributed by atoms with Gasteiger partial charge in [0.15, 0.2) is 0 Å². The van der Waals surface area contributed by atoms with Crippen LogP contribution in [0.2, 0.25) is 0 Å². The number of benzene rings is 3. The maximum Gasteiger partial charge on any atom is 0.282 e. The van der Waals surface area contributed by atoms with Crippen LogP contribution in [0.1, 0.15) is 37.5 Å². The van der Waals surface area contributed by atoms with Crippen LogP contribution >= 0.6 is 0 Å². The third-order valence-electron chi connectivity index (χ3n) is 4.63. The fraction of sp³-hybridized carbons (Fsp3) is 0.200. The monoisotopic (exact) mass is 370 g/mol. The molecule has 0 bridgehead atoms. The fourth-order valence-electron chi connectivity index (χ4n) is 3.31. The highest BCUT2D eigenvalue weighted by atomic mass is 16.2. The largest absolute Gasteiger partial charge is 0.282 e. The van der Waals surface area contributed by atoms with Crippen LogP contribution in [0, 0.1) is 6.92 Å². The maximum absolute atomic E-state index is 13.2. The van der Waals surface area contributed by atoms with Gasteiger partial charge in [-0.15, -0.1) is 0 Å². The third-order valence-corrected chi connectivity index (χ3v) is 4.63. The molecule has 0 unspecified atom stereocenters. The van der Waals surface area contributed by atoms with Gasteiger partial charge in [-0.3, -0.25) is 9.69 Å². The van der Waals surface area contributed by atoms with Crippen molar-refractivity contribution in [3.05, 3.63) is 89.5 Å². The summed E-state index contributed by atoms with van der Waals surface area (Å²) in [4.78, 5) is 19.7. The average Bonchev–Trinajstić information content (AvgIpc) is 3.01. The first-order valence-corrected chi connectivity index (χ1v) is 9.85. The van der Waals surface area contributed by atoms with Crippen LogP contribution in [-0.2, 0) is 11.2 Å². The Hall–Kier alpha value is -3.20. The van der Waals surface area contributed by atoms with Crippen molar-refractivity contribution < 1.29 is 4.79 Å². The molecule has 0 saturated heterocycles. The summed E-state index contributed by atoms with van der Waals surface area (Å²) in [5.41, 5.74) is 6.27. The number of para-hydroxylation sites is 1. The van der Waals surface area contributed by atoms with Gasteiger partial charge in [0, 0.05) is 11.3 Å². The number of amides is 1. The summed E-state index contributed by atoms with van der Waals surface area (Å²) in [7, 11) is 0. The number of nitrogens with zero attached hydrogens (tertiary/aromatic N) is 2. The summed E-state index contributed by atoms with van der Waals surface area (Å²) >= 11 is 0. The number of hydrogen-bond acceptors (Lipinski definition) is 2. The highest BCUT2D eigenvalue weighted by Crippen LogP contribution is 2.36. The van der Waals surface area contributed by atoms with Crippen LogP contribution in [0.5, 0.6) is 0 Å². The van der Waals surface area contributed by atoms with E-state index in [0.29, 0.717) is 5.71 Å². The zero-order chi connectivity index (χ0) is 20.1. The average molecular weight is 370 g/mol. The molecule has 1 aliphatic rings. The first-order chi connectivity index (χ1) is 13.7. The van der Waals surface area contributed by atoms with Crippen molar-refractivity contribution in [3.63, 3.8) is 0 Å². The molecule has 3 aromatic rings. The van der Waals surface area contributed by atoms with Gasteiger partial charge < -0.3 is 0 Å². The Labute approximate surface area is 167 Å². The van der Waals surface area contributed by atoms with Crippen LogP contribution in [0.25, 0.3) is 0 Å². The molecule has 142 valence electrons. The van der Waals surface area contributed by atoms with E-state index in [1.807, 2.05) is 81.4 Å². The Kier molecular flexibility index (Phi) is 6.05. The standard InChI is InChI=1S/C23H20N2O.C2H6/c1-3-17-9-7-11-19(15-17)25-21-13-5-4-12-20(21)22(23(25)26)24-18-10-6-8-16(2)14-18;1-2/h4-15H,3H2,1-2H3;1-2H3. The Bertz CT molecular complexity index is 1020. The number of carbonyl (C=O) groups is 1. The highest BCUT2D eigenvalue weighted by molar-refractivity contribution is 6.56. The van der Waals surface area contributed by atoms with E-state index in [0.717, 1.165) is 34.6 Å². The van der Waals surface area contributed by atoms with Crippen molar-refractivity contribution in [3.8, 4) is 0 Å². The number of anilines is 2. The van der Waals surface area contributed by atoms with Crippen molar-refractivity contribution in [2.45, 2.75) is 34.1 Å². The van der Waals surface area contributed by atoms with E-state index in [4.69, 9.17) is 0 Å². The molecule has 0 radical (unpaired) electrons. The topological polar surface area (TPSA) is 32.7 Å². The lowest BCUT2D eigenvalue weighted by Crippen LogP contribution is -2.25. The Morgan fingerprint density at radius 3 is 2.39 bits per heavy atom. The molecule has 28 heavy (non-hydrogen) atoms. The zero-order valence-corrected chi connectivity index (χ0v) is 16.9. The Morgan fingerprint density at radius 1 is 0.893 bits per heavy atom. The van der Waals surface area contributed by atoms with E-state index < -0.39 is 0 Å². The molecule has 0 N–H and O–H groups in total. The van der Waals surface area contributed by atoms with Gasteiger partial charge >= 0.3 is 0 Å². The lowest BCUT2D eigenvalue weighted by Gasteiger charge is -2.17. The molecule has 3 heteroatoms. The van der Waals surface area contributed by atoms with E-state index in [1.165, 1.54) is 5.56 Å². The third kappa shape index (κ3) is 3.74. The number of aryl methyl sites for hydroxylation is 2.